The molecule has 2 aliphatic rings. The molecule has 4 nitrogen and oxygen atoms in total. The maximum Gasteiger partial charge on any atom is 0.139 e. The minimum atomic E-state index is 0.572. The Morgan fingerprint density at radius 2 is 2.11 bits per heavy atom. The van der Waals surface area contributed by atoms with Crippen molar-refractivity contribution in [2.45, 2.75) is 25.3 Å². The van der Waals surface area contributed by atoms with Crippen molar-refractivity contribution in [3.8, 4) is 11.3 Å². The van der Waals surface area contributed by atoms with Crippen LogP contribution in [0.25, 0.3) is 11.3 Å². The summed E-state index contributed by atoms with van der Waals surface area (Å²) in [5.41, 5.74) is 2.12. The molecule has 0 aromatic carbocycles. The molecule has 1 saturated carbocycles. The van der Waals surface area contributed by atoms with E-state index in [9.17, 15) is 0 Å². The molecule has 0 bridgehead atoms. The highest BCUT2D eigenvalue weighted by atomic mass is 79.9. The quantitative estimate of drug-likeness (QED) is 0.875. The fourth-order valence-corrected chi connectivity index (χ4v) is 3.94. The standard InChI is InChI=1S/C14H15BrN4/c15-12-13(9-4-6-16-7-5-9)18-19-11-3-1-2-10(11)8-17-14(12)19/h4-7,10-11,17H,1-3,8H2. The van der Waals surface area contributed by atoms with Gasteiger partial charge in [0.1, 0.15) is 11.5 Å². The topological polar surface area (TPSA) is 42.7 Å². The molecule has 2 aromatic heterocycles. The Bertz CT molecular complexity index is 607. The SMILES string of the molecule is Brc1c(-c2ccncc2)nn2c1NCC1CCCC12. The van der Waals surface area contributed by atoms with Crippen LogP contribution in [0, 0.1) is 5.92 Å². The summed E-state index contributed by atoms with van der Waals surface area (Å²) in [5, 5.41) is 8.37. The van der Waals surface area contributed by atoms with E-state index >= 15 is 0 Å². The maximum atomic E-state index is 4.84. The fourth-order valence-electron chi connectivity index (χ4n) is 3.31. The number of fused-ring (bicyclic) bond motifs is 3. The summed E-state index contributed by atoms with van der Waals surface area (Å²) in [6, 6.07) is 4.58. The van der Waals surface area contributed by atoms with Crippen LogP contribution in [-0.4, -0.2) is 21.3 Å². The normalized spacial score (nSPS) is 24.7. The number of pyridine rings is 1. The third-order valence-corrected chi connectivity index (χ3v) is 5.02. The first-order chi connectivity index (χ1) is 9.34. The second-order valence-corrected chi connectivity index (χ2v) is 6.12. The van der Waals surface area contributed by atoms with Crippen LogP contribution < -0.4 is 5.32 Å². The number of aromatic nitrogens is 3. The van der Waals surface area contributed by atoms with Crippen molar-refractivity contribution in [1.29, 1.82) is 0 Å². The zero-order valence-electron chi connectivity index (χ0n) is 10.5. The summed E-state index contributed by atoms with van der Waals surface area (Å²) >= 11 is 3.70. The van der Waals surface area contributed by atoms with Gasteiger partial charge in [-0.05, 0) is 46.8 Å². The van der Waals surface area contributed by atoms with Gasteiger partial charge in [-0.25, -0.2) is 4.68 Å². The van der Waals surface area contributed by atoms with Gasteiger partial charge in [0.25, 0.3) is 0 Å². The molecule has 19 heavy (non-hydrogen) atoms. The Morgan fingerprint density at radius 3 is 2.95 bits per heavy atom. The highest BCUT2D eigenvalue weighted by Crippen LogP contribution is 2.44. The lowest BCUT2D eigenvalue weighted by Gasteiger charge is -2.28. The average molecular weight is 319 g/mol. The fraction of sp³-hybridized carbons (Fsp3) is 0.429. The molecule has 1 aliphatic heterocycles. The number of nitrogens with one attached hydrogen (secondary N) is 1. The van der Waals surface area contributed by atoms with E-state index in [2.05, 4.69) is 30.9 Å². The third kappa shape index (κ3) is 1.71. The van der Waals surface area contributed by atoms with Crippen molar-refractivity contribution >= 4 is 21.7 Å². The molecule has 1 fully saturated rings. The lowest BCUT2D eigenvalue weighted by Crippen LogP contribution is -2.29. The van der Waals surface area contributed by atoms with Gasteiger partial charge in [0.2, 0.25) is 0 Å². The predicted octanol–water partition coefficient (Wildman–Crippen LogP) is 3.47. The van der Waals surface area contributed by atoms with Crippen molar-refractivity contribution < 1.29 is 0 Å². The molecule has 0 radical (unpaired) electrons. The van der Waals surface area contributed by atoms with Crippen LogP contribution >= 0.6 is 15.9 Å². The van der Waals surface area contributed by atoms with Crippen molar-refractivity contribution in [2.24, 2.45) is 5.92 Å². The summed E-state index contributed by atoms with van der Waals surface area (Å²) in [4.78, 5) is 4.07. The highest BCUT2D eigenvalue weighted by molar-refractivity contribution is 9.10. The number of hydrogen-bond acceptors (Lipinski definition) is 3. The lowest BCUT2D eigenvalue weighted by atomic mass is 10.0. The van der Waals surface area contributed by atoms with Gasteiger partial charge < -0.3 is 5.32 Å². The molecule has 1 aliphatic carbocycles. The number of halogens is 1. The summed E-state index contributed by atoms with van der Waals surface area (Å²) in [6.07, 6.45) is 7.51. The van der Waals surface area contributed by atoms with Gasteiger partial charge in [0.15, 0.2) is 0 Å². The molecule has 1 N–H and O–H groups in total. The van der Waals surface area contributed by atoms with Gasteiger partial charge in [-0.1, -0.05) is 6.42 Å². The van der Waals surface area contributed by atoms with Crippen LogP contribution in [0.1, 0.15) is 25.3 Å². The Hall–Kier alpha value is -1.36. The summed E-state index contributed by atoms with van der Waals surface area (Å²) in [6.45, 7) is 1.07. The second kappa shape index (κ2) is 4.34. The van der Waals surface area contributed by atoms with Crippen LogP contribution in [-0.2, 0) is 0 Å². The highest BCUT2D eigenvalue weighted by Gasteiger charge is 2.36. The smallest absolute Gasteiger partial charge is 0.139 e. The van der Waals surface area contributed by atoms with Crippen LogP contribution in [0.3, 0.4) is 0 Å². The van der Waals surface area contributed by atoms with Gasteiger partial charge in [0, 0.05) is 24.5 Å². The molecule has 2 unspecified atom stereocenters. The maximum absolute atomic E-state index is 4.84. The third-order valence-electron chi connectivity index (χ3n) is 4.27. The summed E-state index contributed by atoms with van der Waals surface area (Å²) in [5.74, 6) is 1.87. The van der Waals surface area contributed by atoms with Gasteiger partial charge in [-0.2, -0.15) is 5.10 Å². The molecule has 3 heterocycles. The molecule has 0 amide bonds. The van der Waals surface area contributed by atoms with E-state index in [0.717, 1.165) is 34.0 Å². The van der Waals surface area contributed by atoms with Crippen LogP contribution in [0.2, 0.25) is 0 Å². The largest absolute Gasteiger partial charge is 0.369 e. The number of anilines is 1. The molecular formula is C14H15BrN4. The van der Waals surface area contributed by atoms with E-state index in [1.807, 2.05) is 24.5 Å². The first-order valence-corrected chi connectivity index (χ1v) is 7.56. The van der Waals surface area contributed by atoms with Gasteiger partial charge in [0.05, 0.1) is 10.5 Å². The average Bonchev–Trinajstić information content (AvgIpc) is 3.04. The second-order valence-electron chi connectivity index (χ2n) is 5.33. The Balaban J connectivity index is 1.84. The molecule has 5 heteroatoms. The molecule has 2 atom stereocenters. The van der Waals surface area contributed by atoms with Crippen LogP contribution in [0.5, 0.6) is 0 Å². The summed E-state index contributed by atoms with van der Waals surface area (Å²) in [7, 11) is 0. The van der Waals surface area contributed by atoms with Crippen LogP contribution in [0.4, 0.5) is 5.82 Å². The Kier molecular flexibility index (Phi) is 2.62. The Morgan fingerprint density at radius 1 is 1.26 bits per heavy atom. The number of hydrogen-bond donors (Lipinski definition) is 1. The zero-order valence-corrected chi connectivity index (χ0v) is 12.1. The van der Waals surface area contributed by atoms with E-state index in [-0.39, 0.29) is 0 Å². The van der Waals surface area contributed by atoms with E-state index in [1.54, 1.807) is 0 Å². The minimum Gasteiger partial charge on any atom is -0.369 e. The van der Waals surface area contributed by atoms with Crippen LogP contribution in [0.15, 0.2) is 29.0 Å². The lowest BCUT2D eigenvalue weighted by molar-refractivity contribution is 0.348. The first kappa shape index (κ1) is 11.5. The molecule has 0 spiro atoms. The van der Waals surface area contributed by atoms with E-state index in [1.165, 1.54) is 19.3 Å². The van der Waals surface area contributed by atoms with Crippen molar-refractivity contribution in [3.05, 3.63) is 29.0 Å². The zero-order chi connectivity index (χ0) is 12.8. The molecular weight excluding hydrogens is 304 g/mol. The van der Waals surface area contributed by atoms with E-state index in [4.69, 9.17) is 5.10 Å². The van der Waals surface area contributed by atoms with Crippen molar-refractivity contribution in [1.82, 2.24) is 14.8 Å². The van der Waals surface area contributed by atoms with E-state index < -0.39 is 0 Å². The van der Waals surface area contributed by atoms with Crippen molar-refractivity contribution in [3.63, 3.8) is 0 Å². The molecule has 0 saturated heterocycles. The molecule has 98 valence electrons. The number of rotatable bonds is 1. The van der Waals surface area contributed by atoms with Gasteiger partial charge in [-0.3, -0.25) is 4.98 Å². The molecule has 2 aromatic rings. The summed E-state index contributed by atoms with van der Waals surface area (Å²) < 4.78 is 3.27. The van der Waals surface area contributed by atoms with Crippen molar-refractivity contribution in [2.75, 3.05) is 11.9 Å². The Labute approximate surface area is 120 Å². The monoisotopic (exact) mass is 318 g/mol. The first-order valence-electron chi connectivity index (χ1n) is 6.77. The van der Waals surface area contributed by atoms with Gasteiger partial charge >= 0.3 is 0 Å². The van der Waals surface area contributed by atoms with E-state index in [0.29, 0.717) is 6.04 Å². The predicted molar refractivity (Wildman–Crippen MR) is 78.0 cm³/mol. The molecule has 4 rings (SSSR count). The minimum absolute atomic E-state index is 0.572. The van der Waals surface area contributed by atoms with Gasteiger partial charge in [-0.15, -0.1) is 0 Å². The number of nitrogens with zero attached hydrogens (tertiary/aromatic N) is 3.